The highest BCUT2D eigenvalue weighted by atomic mass is 28.3. The van der Waals surface area contributed by atoms with Crippen molar-refractivity contribution in [2.45, 2.75) is 0 Å². The van der Waals surface area contributed by atoms with Crippen LogP contribution in [-0.4, -0.2) is 34.0 Å². The third kappa shape index (κ3) is 3.41. The Bertz CT molecular complexity index is 2240. The minimum atomic E-state index is -2.87. The van der Waals surface area contributed by atoms with Gasteiger partial charge < -0.3 is 18.4 Å². The van der Waals surface area contributed by atoms with E-state index in [4.69, 9.17) is 19.4 Å². The predicted octanol–water partition coefficient (Wildman–Crippen LogP) is 4.77. The first-order valence-electron chi connectivity index (χ1n) is 15.5. The SMILES string of the molecule is c1ccc([Si](c2ccccc2)(c2ccccc2)c2cc3c4c(c2)Oc2nc5ccccc5n2B4n2c(nc4ccccc42)O3)cc1. The summed E-state index contributed by atoms with van der Waals surface area (Å²) < 4.78 is 18.0. The molecule has 0 amide bonds. The highest BCUT2D eigenvalue weighted by Gasteiger charge is 2.48. The second-order valence-corrected chi connectivity index (χ2v) is 15.6. The second-order valence-electron chi connectivity index (χ2n) is 11.8. The molecule has 0 bridgehead atoms. The number of hydrogen-bond donors (Lipinski definition) is 0. The Hall–Kier alpha value is -5.86. The third-order valence-electron chi connectivity index (χ3n) is 9.43. The molecule has 0 saturated heterocycles. The van der Waals surface area contributed by atoms with Gasteiger partial charge in [0.1, 0.15) is 11.5 Å². The molecule has 2 aliphatic heterocycles. The van der Waals surface area contributed by atoms with E-state index in [9.17, 15) is 0 Å². The molecule has 0 unspecified atom stereocenters. The lowest BCUT2D eigenvalue weighted by molar-refractivity contribution is 0.409. The first-order valence-corrected chi connectivity index (χ1v) is 17.5. The van der Waals surface area contributed by atoms with Crippen molar-refractivity contribution in [1.29, 1.82) is 0 Å². The van der Waals surface area contributed by atoms with E-state index in [0.29, 0.717) is 12.0 Å². The average molecular weight is 609 g/mol. The maximum absolute atomic E-state index is 6.82. The number of ether oxygens (including phenoxy) is 2. The number of benzene rings is 6. The molecule has 0 atom stereocenters. The van der Waals surface area contributed by atoms with Crippen LogP contribution in [0.25, 0.3) is 22.1 Å². The zero-order valence-electron chi connectivity index (χ0n) is 24.6. The number of hydrogen-bond acceptors (Lipinski definition) is 4. The van der Waals surface area contributed by atoms with E-state index in [1.165, 1.54) is 15.6 Å². The number of para-hydroxylation sites is 4. The van der Waals surface area contributed by atoms with Gasteiger partial charge in [-0.25, -0.2) is 0 Å². The van der Waals surface area contributed by atoms with Crippen molar-refractivity contribution >= 4 is 63.3 Å². The predicted molar refractivity (Wildman–Crippen MR) is 186 cm³/mol. The van der Waals surface area contributed by atoms with Gasteiger partial charge in [-0.1, -0.05) is 115 Å². The summed E-state index contributed by atoms with van der Waals surface area (Å²) >= 11 is 0. The Morgan fingerprint density at radius 3 is 1.28 bits per heavy atom. The molecule has 0 saturated carbocycles. The molecule has 8 heteroatoms. The summed E-state index contributed by atoms with van der Waals surface area (Å²) in [6, 6.07) is 54.7. The summed E-state index contributed by atoms with van der Waals surface area (Å²) in [5, 5.41) is 5.00. The Balaban J connectivity index is 1.32. The summed E-state index contributed by atoms with van der Waals surface area (Å²) in [6.07, 6.45) is 0. The average Bonchev–Trinajstić information content (AvgIpc) is 3.68. The van der Waals surface area contributed by atoms with E-state index in [2.05, 4.69) is 124 Å². The van der Waals surface area contributed by atoms with Crippen LogP contribution in [0.2, 0.25) is 0 Å². The third-order valence-corrected chi connectivity index (χ3v) is 14.2. The monoisotopic (exact) mass is 608 g/mol. The summed E-state index contributed by atoms with van der Waals surface area (Å²) in [6.45, 7) is -0.285. The molecule has 0 aliphatic carbocycles. The molecule has 10 rings (SSSR count). The molecular formula is C38H25BN4O2Si. The number of fused-ring (bicyclic) bond motifs is 8. The molecular weight excluding hydrogens is 583 g/mol. The lowest BCUT2D eigenvalue weighted by Gasteiger charge is -2.37. The Kier molecular flexibility index (Phi) is 5.30. The van der Waals surface area contributed by atoms with Crippen molar-refractivity contribution in [3.63, 3.8) is 0 Å². The molecule has 0 fully saturated rings. The van der Waals surface area contributed by atoms with Crippen LogP contribution < -0.4 is 35.7 Å². The van der Waals surface area contributed by atoms with Crippen LogP contribution in [0, 0.1) is 0 Å². The van der Waals surface area contributed by atoms with Crippen LogP contribution in [0.3, 0.4) is 0 Å². The standard InChI is InChI=1S/C38H25BN4O2Si/c1-4-14-26(15-5-1)46(27-16-6-2-7-17-27,28-18-8-3-9-19-28)29-24-34-36-35(25-29)45-38-41-31-21-11-13-23-33(31)43(38)39(36)42-32-22-12-10-20-30(32)40-37(42)44-34/h1-25H. The van der Waals surface area contributed by atoms with Crippen LogP contribution in [0.5, 0.6) is 23.5 Å². The number of rotatable bonds is 4. The van der Waals surface area contributed by atoms with E-state index >= 15 is 0 Å². The Morgan fingerprint density at radius 2 is 0.848 bits per heavy atom. The summed E-state index contributed by atoms with van der Waals surface area (Å²) in [5.41, 5.74) is 4.72. The van der Waals surface area contributed by atoms with Crippen molar-refractivity contribution in [3.05, 3.63) is 152 Å². The van der Waals surface area contributed by atoms with Gasteiger partial charge in [-0.2, -0.15) is 9.97 Å². The van der Waals surface area contributed by atoms with Gasteiger partial charge in [0.2, 0.25) is 0 Å². The molecule has 2 aliphatic rings. The van der Waals surface area contributed by atoms with Crippen molar-refractivity contribution in [2.75, 3.05) is 0 Å². The van der Waals surface area contributed by atoms with Crippen LogP contribution in [-0.2, 0) is 0 Å². The fourth-order valence-corrected chi connectivity index (χ4v) is 12.3. The summed E-state index contributed by atoms with van der Waals surface area (Å²) in [7, 11) is -2.87. The maximum atomic E-state index is 6.82. The molecule has 6 nitrogen and oxygen atoms in total. The van der Waals surface area contributed by atoms with Crippen molar-refractivity contribution in [3.8, 4) is 23.5 Å². The Morgan fingerprint density at radius 1 is 0.457 bits per heavy atom. The zero-order valence-corrected chi connectivity index (χ0v) is 25.6. The molecule has 0 radical (unpaired) electrons. The smallest absolute Gasteiger partial charge is 0.427 e. The van der Waals surface area contributed by atoms with E-state index in [1.54, 1.807) is 0 Å². The van der Waals surface area contributed by atoms with Crippen LogP contribution in [0.1, 0.15) is 0 Å². The van der Waals surface area contributed by atoms with Crippen LogP contribution in [0.15, 0.2) is 152 Å². The van der Waals surface area contributed by atoms with Crippen molar-refractivity contribution in [1.82, 2.24) is 18.9 Å². The van der Waals surface area contributed by atoms with Crippen LogP contribution in [0.4, 0.5) is 0 Å². The van der Waals surface area contributed by atoms with E-state index in [-0.39, 0.29) is 6.98 Å². The fraction of sp³-hybridized carbons (Fsp3) is 0. The van der Waals surface area contributed by atoms with Gasteiger partial charge in [0.25, 0.3) is 12.0 Å². The van der Waals surface area contributed by atoms with E-state index in [0.717, 1.165) is 44.2 Å². The van der Waals surface area contributed by atoms with Gasteiger partial charge >= 0.3 is 6.98 Å². The van der Waals surface area contributed by atoms with Gasteiger partial charge in [0, 0.05) is 0 Å². The van der Waals surface area contributed by atoms with E-state index < -0.39 is 8.07 Å². The number of nitrogens with zero attached hydrogens (tertiary/aromatic N) is 4. The topological polar surface area (TPSA) is 54.1 Å². The molecule has 8 aromatic rings. The lowest BCUT2D eigenvalue weighted by atomic mass is 9.64. The highest BCUT2D eigenvalue weighted by Crippen LogP contribution is 2.40. The lowest BCUT2D eigenvalue weighted by Crippen LogP contribution is -2.75. The van der Waals surface area contributed by atoms with Crippen molar-refractivity contribution < 1.29 is 9.47 Å². The molecule has 0 spiro atoms. The Labute approximate surface area is 266 Å². The molecule has 0 N–H and O–H groups in total. The largest absolute Gasteiger partial charge is 0.435 e. The van der Waals surface area contributed by atoms with Gasteiger partial charge in [-0.3, -0.25) is 0 Å². The molecule has 46 heavy (non-hydrogen) atoms. The van der Waals surface area contributed by atoms with E-state index in [1.807, 2.05) is 36.4 Å². The number of aromatic nitrogens is 4. The molecule has 4 heterocycles. The van der Waals surface area contributed by atoms with Gasteiger partial charge in [0.05, 0.1) is 27.5 Å². The normalized spacial score (nSPS) is 13.1. The fourth-order valence-electron chi connectivity index (χ4n) is 7.54. The first-order chi connectivity index (χ1) is 22.8. The highest BCUT2D eigenvalue weighted by molar-refractivity contribution is 7.20. The van der Waals surface area contributed by atoms with Crippen LogP contribution >= 0.6 is 0 Å². The van der Waals surface area contributed by atoms with Gasteiger partial charge in [-0.15, -0.1) is 0 Å². The van der Waals surface area contributed by atoms with Gasteiger partial charge in [-0.05, 0) is 57.1 Å². The minimum Gasteiger partial charge on any atom is -0.427 e. The zero-order chi connectivity index (χ0) is 30.2. The summed E-state index contributed by atoms with van der Waals surface area (Å²) in [5.74, 6) is 1.51. The quantitative estimate of drug-likeness (QED) is 0.214. The molecule has 2 aromatic heterocycles. The summed E-state index contributed by atoms with van der Waals surface area (Å²) in [4.78, 5) is 9.97. The number of imidazole rings is 2. The molecule has 216 valence electrons. The molecule has 6 aromatic carbocycles. The second kappa shape index (κ2) is 9.57. The minimum absolute atomic E-state index is 0.285. The van der Waals surface area contributed by atoms with Crippen molar-refractivity contribution in [2.24, 2.45) is 0 Å². The maximum Gasteiger partial charge on any atom is 0.435 e. The first kappa shape index (κ1) is 25.5. The van der Waals surface area contributed by atoms with Gasteiger partial charge in [0.15, 0.2) is 8.07 Å².